The van der Waals surface area contributed by atoms with Gasteiger partial charge in [-0.3, -0.25) is 9.80 Å². The zero-order valence-electron chi connectivity index (χ0n) is 17.9. The van der Waals surface area contributed by atoms with E-state index in [4.69, 9.17) is 9.84 Å². The van der Waals surface area contributed by atoms with Gasteiger partial charge in [-0.25, -0.2) is 9.97 Å². The minimum absolute atomic E-state index is 0.193. The van der Waals surface area contributed by atoms with E-state index in [1.54, 1.807) is 0 Å². The maximum Gasteiger partial charge on any atom is 0.125 e. The quantitative estimate of drug-likeness (QED) is 0.574. The summed E-state index contributed by atoms with van der Waals surface area (Å²) in [5.74, 6) is 1.46. The highest BCUT2D eigenvalue weighted by molar-refractivity contribution is 5.97. The van der Waals surface area contributed by atoms with Crippen LogP contribution in [0.4, 0.5) is 0 Å². The molecule has 1 saturated heterocycles. The second-order valence-corrected chi connectivity index (χ2v) is 8.04. The van der Waals surface area contributed by atoms with Crippen molar-refractivity contribution in [2.45, 2.75) is 13.0 Å². The number of aryl methyl sites for hydroxylation is 1. The molecule has 0 saturated carbocycles. The molecular weight excluding hydrogens is 392 g/mol. The number of piperazine rings is 1. The van der Waals surface area contributed by atoms with Gasteiger partial charge in [0.1, 0.15) is 24.3 Å². The largest absolute Gasteiger partial charge is 0.491 e. The Morgan fingerprint density at radius 3 is 2.48 bits per heavy atom. The normalized spacial score (nSPS) is 16.5. The molecule has 164 valence electrons. The van der Waals surface area contributed by atoms with Crippen LogP contribution in [0.3, 0.4) is 0 Å². The van der Waals surface area contributed by atoms with Crippen molar-refractivity contribution < 1.29 is 14.9 Å². The smallest absolute Gasteiger partial charge is 0.125 e. The van der Waals surface area contributed by atoms with Gasteiger partial charge in [-0.15, -0.1) is 0 Å². The molecule has 3 aromatic rings. The molecule has 1 unspecified atom stereocenters. The third-order valence-electron chi connectivity index (χ3n) is 5.72. The van der Waals surface area contributed by atoms with Crippen LogP contribution >= 0.6 is 0 Å². The number of aromatic nitrogens is 2. The number of nitrogens with zero attached hydrogens (tertiary/aromatic N) is 4. The Balaban J connectivity index is 1.42. The van der Waals surface area contributed by atoms with E-state index in [0.717, 1.165) is 66.2 Å². The molecule has 2 heterocycles. The molecular formula is C24H30N4O3. The van der Waals surface area contributed by atoms with E-state index in [2.05, 4.69) is 31.9 Å². The molecule has 7 heteroatoms. The van der Waals surface area contributed by atoms with Crippen LogP contribution < -0.4 is 4.74 Å². The predicted octanol–water partition coefficient (Wildman–Crippen LogP) is 1.95. The predicted molar refractivity (Wildman–Crippen MR) is 121 cm³/mol. The van der Waals surface area contributed by atoms with Crippen molar-refractivity contribution in [2.75, 3.05) is 52.5 Å². The van der Waals surface area contributed by atoms with Crippen LogP contribution in [0, 0.1) is 6.92 Å². The summed E-state index contributed by atoms with van der Waals surface area (Å²) in [4.78, 5) is 13.2. The van der Waals surface area contributed by atoms with Crippen molar-refractivity contribution in [1.82, 2.24) is 19.8 Å². The Hall–Kier alpha value is -2.58. The van der Waals surface area contributed by atoms with Gasteiger partial charge in [0.2, 0.25) is 0 Å². The van der Waals surface area contributed by atoms with Crippen LogP contribution in [0.25, 0.3) is 21.9 Å². The number of hydrogen-bond donors (Lipinski definition) is 2. The Kier molecular flexibility index (Phi) is 7.09. The van der Waals surface area contributed by atoms with E-state index in [1.807, 2.05) is 43.6 Å². The summed E-state index contributed by atoms with van der Waals surface area (Å²) in [6, 6.07) is 12.2. The zero-order valence-corrected chi connectivity index (χ0v) is 17.9. The highest BCUT2D eigenvalue weighted by Gasteiger charge is 2.19. The molecule has 0 bridgehead atoms. The average Bonchev–Trinajstić information content (AvgIpc) is 2.79. The molecule has 1 aliphatic heterocycles. The molecule has 1 aromatic heterocycles. The summed E-state index contributed by atoms with van der Waals surface area (Å²) in [6.07, 6.45) is 3.10. The van der Waals surface area contributed by atoms with Crippen molar-refractivity contribution in [1.29, 1.82) is 0 Å². The SMILES string of the molecule is Cc1ncc(-c2cc(OCC(O)CN3CCN(CCO)CC3)cc3ccccc23)cn1. The molecule has 0 spiro atoms. The van der Waals surface area contributed by atoms with Crippen LogP contribution in [-0.4, -0.2) is 88.6 Å². The second kappa shape index (κ2) is 10.2. The summed E-state index contributed by atoms with van der Waals surface area (Å²) in [6.45, 7) is 7.22. The van der Waals surface area contributed by atoms with E-state index >= 15 is 0 Å². The number of β-amino-alcohol motifs (C(OH)–C–C–N with tert-alkyl or cyclic N) is 2. The van der Waals surface area contributed by atoms with Gasteiger partial charge in [0.05, 0.1) is 6.61 Å². The molecule has 2 N–H and O–H groups in total. The fourth-order valence-corrected chi connectivity index (χ4v) is 4.02. The lowest BCUT2D eigenvalue weighted by atomic mass is 10.00. The number of ether oxygens (including phenoxy) is 1. The molecule has 7 nitrogen and oxygen atoms in total. The first-order valence-corrected chi connectivity index (χ1v) is 10.8. The number of aliphatic hydroxyl groups is 2. The molecule has 0 aliphatic carbocycles. The number of benzene rings is 2. The number of fused-ring (bicyclic) bond motifs is 1. The first-order chi connectivity index (χ1) is 15.1. The zero-order chi connectivity index (χ0) is 21.6. The van der Waals surface area contributed by atoms with Gasteiger partial charge in [0, 0.05) is 57.2 Å². The monoisotopic (exact) mass is 422 g/mol. The van der Waals surface area contributed by atoms with Crippen molar-refractivity contribution in [3.05, 3.63) is 54.6 Å². The van der Waals surface area contributed by atoms with Gasteiger partial charge in [0.15, 0.2) is 0 Å². The lowest BCUT2D eigenvalue weighted by molar-refractivity contribution is 0.0429. The third kappa shape index (κ3) is 5.57. The van der Waals surface area contributed by atoms with Crippen molar-refractivity contribution in [2.24, 2.45) is 0 Å². The first kappa shape index (κ1) is 21.6. The topological polar surface area (TPSA) is 82.0 Å². The van der Waals surface area contributed by atoms with Crippen LogP contribution in [-0.2, 0) is 0 Å². The summed E-state index contributed by atoms with van der Waals surface area (Å²) < 4.78 is 6.00. The minimum atomic E-state index is -0.568. The van der Waals surface area contributed by atoms with Gasteiger partial charge in [-0.1, -0.05) is 24.3 Å². The van der Waals surface area contributed by atoms with E-state index in [9.17, 15) is 5.11 Å². The summed E-state index contributed by atoms with van der Waals surface area (Å²) >= 11 is 0. The Labute approximate surface area is 182 Å². The Morgan fingerprint density at radius 2 is 1.74 bits per heavy atom. The number of hydrogen-bond acceptors (Lipinski definition) is 7. The van der Waals surface area contributed by atoms with Gasteiger partial charge in [-0.2, -0.15) is 0 Å². The summed E-state index contributed by atoms with van der Waals surface area (Å²) in [5, 5.41) is 21.8. The van der Waals surface area contributed by atoms with Crippen molar-refractivity contribution in [3.8, 4) is 16.9 Å². The third-order valence-corrected chi connectivity index (χ3v) is 5.72. The molecule has 1 atom stereocenters. The maximum absolute atomic E-state index is 10.5. The highest BCUT2D eigenvalue weighted by Crippen LogP contribution is 2.32. The molecule has 0 radical (unpaired) electrons. The van der Waals surface area contributed by atoms with Crippen LogP contribution in [0.2, 0.25) is 0 Å². The fourth-order valence-electron chi connectivity index (χ4n) is 4.02. The van der Waals surface area contributed by atoms with Crippen molar-refractivity contribution in [3.63, 3.8) is 0 Å². The van der Waals surface area contributed by atoms with E-state index in [-0.39, 0.29) is 13.2 Å². The van der Waals surface area contributed by atoms with Gasteiger partial charge in [-0.05, 0) is 35.4 Å². The molecule has 0 amide bonds. The molecule has 4 rings (SSSR count). The van der Waals surface area contributed by atoms with Crippen LogP contribution in [0.5, 0.6) is 5.75 Å². The Bertz CT molecular complexity index is 988. The lowest BCUT2D eigenvalue weighted by Crippen LogP contribution is -2.49. The summed E-state index contributed by atoms with van der Waals surface area (Å²) in [7, 11) is 0. The maximum atomic E-state index is 10.5. The van der Waals surface area contributed by atoms with Crippen molar-refractivity contribution >= 4 is 10.8 Å². The Morgan fingerprint density at radius 1 is 1.03 bits per heavy atom. The minimum Gasteiger partial charge on any atom is -0.491 e. The van der Waals surface area contributed by atoms with Gasteiger partial charge in [0.25, 0.3) is 0 Å². The molecule has 2 aromatic carbocycles. The molecule has 1 aliphatic rings. The van der Waals surface area contributed by atoms with E-state index in [1.165, 1.54) is 0 Å². The lowest BCUT2D eigenvalue weighted by Gasteiger charge is -2.35. The highest BCUT2D eigenvalue weighted by atomic mass is 16.5. The van der Waals surface area contributed by atoms with Crippen LogP contribution in [0.15, 0.2) is 48.8 Å². The number of aliphatic hydroxyl groups excluding tert-OH is 2. The molecule has 31 heavy (non-hydrogen) atoms. The average molecular weight is 423 g/mol. The second-order valence-electron chi connectivity index (χ2n) is 8.04. The molecule has 1 fully saturated rings. The van der Waals surface area contributed by atoms with E-state index < -0.39 is 6.10 Å². The first-order valence-electron chi connectivity index (χ1n) is 10.8. The summed E-state index contributed by atoms with van der Waals surface area (Å²) in [5.41, 5.74) is 1.95. The number of rotatable bonds is 8. The van der Waals surface area contributed by atoms with Crippen LogP contribution in [0.1, 0.15) is 5.82 Å². The van der Waals surface area contributed by atoms with E-state index in [0.29, 0.717) is 6.54 Å². The standard InChI is InChI=1S/C24H30N4O3/c1-18-25-14-20(15-26-18)24-13-22(12-19-4-2-3-5-23(19)24)31-17-21(30)16-28-8-6-27(7-9-28)10-11-29/h2-5,12-15,21,29-30H,6-11,16-17H2,1H3. The van der Waals surface area contributed by atoms with Gasteiger partial charge >= 0.3 is 0 Å². The van der Waals surface area contributed by atoms with Gasteiger partial charge < -0.3 is 14.9 Å². The fraction of sp³-hybridized carbons (Fsp3) is 0.417.